The summed E-state index contributed by atoms with van der Waals surface area (Å²) in [6, 6.07) is 1.60. The van der Waals surface area contributed by atoms with Crippen molar-refractivity contribution in [1.82, 2.24) is 9.88 Å². The number of nitrogen functional groups attached to an aromatic ring is 1. The van der Waals surface area contributed by atoms with Crippen molar-refractivity contribution < 1.29 is 9.90 Å². The van der Waals surface area contributed by atoms with E-state index in [-0.39, 0.29) is 12.0 Å². The van der Waals surface area contributed by atoms with Crippen molar-refractivity contribution in [3.05, 3.63) is 24.0 Å². The first-order valence-corrected chi connectivity index (χ1v) is 6.64. The van der Waals surface area contributed by atoms with Gasteiger partial charge in [-0.1, -0.05) is 6.92 Å². The van der Waals surface area contributed by atoms with Crippen molar-refractivity contribution in [1.29, 1.82) is 5.26 Å². The Morgan fingerprint density at radius 3 is 2.90 bits per heavy atom. The minimum atomic E-state index is -1.19. The second-order valence-corrected chi connectivity index (χ2v) is 5.42. The number of rotatable bonds is 2. The van der Waals surface area contributed by atoms with Crippen LogP contribution in [0.25, 0.3) is 0 Å². The van der Waals surface area contributed by atoms with E-state index in [1.165, 1.54) is 0 Å². The van der Waals surface area contributed by atoms with E-state index in [1.807, 2.05) is 6.07 Å². The van der Waals surface area contributed by atoms with Crippen LogP contribution in [0, 0.1) is 17.4 Å². The molecular weight excluding hydrogens is 256 g/mol. The van der Waals surface area contributed by atoms with Crippen LogP contribution >= 0.6 is 0 Å². The third-order valence-electron chi connectivity index (χ3n) is 3.92. The minimum absolute atomic E-state index is 0.168. The number of hydrogen-bond donors (Lipinski definition) is 2. The maximum Gasteiger partial charge on any atom is 0.420 e. The summed E-state index contributed by atoms with van der Waals surface area (Å²) in [5.74, 6) is 0.517. The van der Waals surface area contributed by atoms with E-state index >= 15 is 0 Å². The maximum atomic E-state index is 11.1. The van der Waals surface area contributed by atoms with Gasteiger partial charge in [0.2, 0.25) is 0 Å². The van der Waals surface area contributed by atoms with Crippen LogP contribution in [0.1, 0.15) is 37.7 Å². The van der Waals surface area contributed by atoms with Gasteiger partial charge in [0.15, 0.2) is 6.19 Å². The van der Waals surface area contributed by atoms with E-state index in [0.717, 1.165) is 16.9 Å². The minimum Gasteiger partial charge on any atom is -0.464 e. The highest BCUT2D eigenvalue weighted by Crippen LogP contribution is 2.39. The zero-order chi connectivity index (χ0) is 14.7. The highest BCUT2D eigenvalue weighted by molar-refractivity contribution is 5.67. The first-order chi connectivity index (χ1) is 9.52. The summed E-state index contributed by atoms with van der Waals surface area (Å²) in [4.78, 5) is 16.0. The van der Waals surface area contributed by atoms with Crippen molar-refractivity contribution >= 4 is 11.8 Å². The third kappa shape index (κ3) is 2.82. The van der Waals surface area contributed by atoms with Crippen molar-refractivity contribution in [2.24, 2.45) is 5.92 Å². The van der Waals surface area contributed by atoms with Crippen LogP contribution in [0.2, 0.25) is 0 Å². The lowest BCUT2D eigenvalue weighted by Gasteiger charge is -2.36. The fourth-order valence-corrected chi connectivity index (χ4v) is 3.10. The van der Waals surface area contributed by atoms with Crippen LogP contribution in [-0.2, 0) is 0 Å². The second-order valence-electron chi connectivity index (χ2n) is 5.42. The Morgan fingerprint density at radius 1 is 1.55 bits per heavy atom. The Morgan fingerprint density at radius 2 is 2.30 bits per heavy atom. The van der Waals surface area contributed by atoms with E-state index in [0.29, 0.717) is 24.4 Å². The van der Waals surface area contributed by atoms with Crippen molar-refractivity contribution in [3.8, 4) is 6.19 Å². The van der Waals surface area contributed by atoms with Crippen molar-refractivity contribution in [2.45, 2.75) is 38.1 Å². The number of pyridine rings is 1. The molecule has 1 heterocycles. The molecule has 6 nitrogen and oxygen atoms in total. The molecule has 1 amide bonds. The molecule has 1 aliphatic rings. The van der Waals surface area contributed by atoms with Gasteiger partial charge in [0.25, 0.3) is 0 Å². The summed E-state index contributed by atoms with van der Waals surface area (Å²) in [6.45, 7) is 2.08. The molecule has 1 aromatic rings. The number of carboxylic acid groups (broad SMARTS) is 1. The van der Waals surface area contributed by atoms with Gasteiger partial charge in [-0.25, -0.2) is 9.69 Å². The first kappa shape index (κ1) is 14.1. The molecule has 0 radical (unpaired) electrons. The van der Waals surface area contributed by atoms with Crippen molar-refractivity contribution in [3.63, 3.8) is 0 Å². The monoisotopic (exact) mass is 274 g/mol. The number of nitriles is 1. The van der Waals surface area contributed by atoms with E-state index in [2.05, 4.69) is 11.9 Å². The van der Waals surface area contributed by atoms with Gasteiger partial charge in [0.1, 0.15) is 0 Å². The Labute approximate surface area is 117 Å². The van der Waals surface area contributed by atoms with Gasteiger partial charge < -0.3 is 10.8 Å². The SMILES string of the molecule is CC1CC(N(C#N)C(=O)O)C[C@H](c2ccncc2N)C1. The van der Waals surface area contributed by atoms with E-state index < -0.39 is 6.09 Å². The fraction of sp³-hybridized carbons (Fsp3) is 0.500. The number of hydrogen-bond acceptors (Lipinski definition) is 4. The lowest BCUT2D eigenvalue weighted by Crippen LogP contribution is -2.40. The number of amides is 1. The van der Waals surface area contributed by atoms with Crippen LogP contribution in [0.4, 0.5) is 10.5 Å². The summed E-state index contributed by atoms with van der Waals surface area (Å²) < 4.78 is 0. The summed E-state index contributed by atoms with van der Waals surface area (Å²) in [5.41, 5.74) is 7.58. The average molecular weight is 274 g/mol. The topological polar surface area (TPSA) is 103 Å². The molecule has 0 bridgehead atoms. The zero-order valence-corrected chi connectivity index (χ0v) is 11.4. The molecule has 2 unspecified atom stereocenters. The summed E-state index contributed by atoms with van der Waals surface area (Å²) in [7, 11) is 0. The standard InChI is InChI=1S/C14H18N4O2/c1-9-4-10(12-2-3-17-7-13(12)16)6-11(5-9)18(8-15)14(19)20/h2-3,7,9-11H,4-6,16H2,1H3,(H,19,20)/t9?,10-,11?/m1/s1. The number of anilines is 1. The highest BCUT2D eigenvalue weighted by atomic mass is 16.4. The molecule has 0 spiro atoms. The van der Waals surface area contributed by atoms with Crippen LogP contribution in [0.5, 0.6) is 0 Å². The number of carbonyl (C=O) groups is 1. The van der Waals surface area contributed by atoms with Crippen LogP contribution in [-0.4, -0.2) is 27.1 Å². The van der Waals surface area contributed by atoms with Crippen LogP contribution < -0.4 is 5.73 Å². The Hall–Kier alpha value is -2.29. The number of nitrogens with two attached hydrogens (primary N) is 1. The molecule has 2 rings (SSSR count). The zero-order valence-electron chi connectivity index (χ0n) is 11.4. The van der Waals surface area contributed by atoms with Gasteiger partial charge in [0.05, 0.1) is 17.9 Å². The van der Waals surface area contributed by atoms with Crippen LogP contribution in [0.15, 0.2) is 18.5 Å². The molecule has 3 N–H and O–H groups in total. The quantitative estimate of drug-likeness (QED) is 0.636. The van der Waals surface area contributed by atoms with Gasteiger partial charge in [-0.05, 0) is 42.7 Å². The molecule has 20 heavy (non-hydrogen) atoms. The van der Waals surface area contributed by atoms with Gasteiger partial charge in [0, 0.05) is 6.20 Å². The summed E-state index contributed by atoms with van der Waals surface area (Å²) >= 11 is 0. The normalized spacial score (nSPS) is 25.7. The molecule has 1 fully saturated rings. The largest absolute Gasteiger partial charge is 0.464 e. The molecular formula is C14H18N4O2. The van der Waals surface area contributed by atoms with Crippen molar-refractivity contribution in [2.75, 3.05) is 5.73 Å². The highest BCUT2D eigenvalue weighted by Gasteiger charge is 2.34. The number of aromatic nitrogens is 1. The Balaban J connectivity index is 2.23. The smallest absolute Gasteiger partial charge is 0.420 e. The summed E-state index contributed by atoms with van der Waals surface area (Å²) in [6.07, 6.45) is 6.17. The summed E-state index contributed by atoms with van der Waals surface area (Å²) in [5, 5.41) is 18.1. The molecule has 1 saturated carbocycles. The van der Waals surface area contributed by atoms with Gasteiger partial charge >= 0.3 is 6.09 Å². The molecule has 6 heteroatoms. The Kier molecular flexibility index (Phi) is 4.08. The average Bonchev–Trinajstić information content (AvgIpc) is 2.39. The Bertz CT molecular complexity index is 540. The predicted molar refractivity (Wildman–Crippen MR) is 73.7 cm³/mol. The van der Waals surface area contributed by atoms with Gasteiger partial charge in [-0.15, -0.1) is 0 Å². The van der Waals surface area contributed by atoms with E-state index in [4.69, 9.17) is 16.1 Å². The lowest BCUT2D eigenvalue weighted by molar-refractivity contribution is 0.128. The maximum absolute atomic E-state index is 11.1. The molecule has 3 atom stereocenters. The van der Waals surface area contributed by atoms with Gasteiger partial charge in [-0.2, -0.15) is 5.26 Å². The van der Waals surface area contributed by atoms with Gasteiger partial charge in [-0.3, -0.25) is 4.98 Å². The molecule has 0 aliphatic heterocycles. The number of nitrogens with zero attached hydrogens (tertiary/aromatic N) is 3. The van der Waals surface area contributed by atoms with Crippen LogP contribution in [0.3, 0.4) is 0 Å². The predicted octanol–water partition coefficient (Wildman–Crippen LogP) is 2.40. The fourth-order valence-electron chi connectivity index (χ4n) is 3.10. The van der Waals surface area contributed by atoms with E-state index in [1.54, 1.807) is 18.6 Å². The van der Waals surface area contributed by atoms with E-state index in [9.17, 15) is 4.79 Å². The molecule has 1 aromatic heterocycles. The second kappa shape index (κ2) is 5.78. The first-order valence-electron chi connectivity index (χ1n) is 6.64. The molecule has 106 valence electrons. The lowest BCUT2D eigenvalue weighted by atomic mass is 9.75. The molecule has 0 saturated heterocycles. The third-order valence-corrected chi connectivity index (χ3v) is 3.92. The molecule has 1 aliphatic carbocycles. The molecule has 0 aromatic carbocycles.